The number of aromatic amines is 1. The summed E-state index contributed by atoms with van der Waals surface area (Å²) in [6.07, 6.45) is 0. The number of fused-ring (bicyclic) bond motifs is 1. The summed E-state index contributed by atoms with van der Waals surface area (Å²) < 4.78 is 0. The van der Waals surface area contributed by atoms with E-state index in [-0.39, 0.29) is 5.69 Å². The number of nitrogens with one attached hydrogen (secondary N) is 1. The lowest BCUT2D eigenvalue weighted by Crippen LogP contribution is -1.94. The Balaban J connectivity index is 2.76. The van der Waals surface area contributed by atoms with Gasteiger partial charge in [-0.1, -0.05) is 6.07 Å². The molecule has 72 valence electrons. The number of benzene rings is 1. The summed E-state index contributed by atoms with van der Waals surface area (Å²) in [6, 6.07) is 5.67. The van der Waals surface area contributed by atoms with Gasteiger partial charge in [0, 0.05) is 10.9 Å². The van der Waals surface area contributed by atoms with E-state index >= 15 is 0 Å². The predicted octanol–water partition coefficient (Wildman–Crippen LogP) is 2.48. The van der Waals surface area contributed by atoms with Gasteiger partial charge < -0.3 is 10.1 Å². The quantitative estimate of drug-likeness (QED) is 0.724. The Bertz CT molecular complexity index is 511. The Morgan fingerprint density at radius 1 is 1.29 bits per heavy atom. The van der Waals surface area contributed by atoms with Crippen LogP contribution in [0.5, 0.6) is 0 Å². The van der Waals surface area contributed by atoms with Gasteiger partial charge in [0.2, 0.25) is 0 Å². The van der Waals surface area contributed by atoms with E-state index in [9.17, 15) is 4.79 Å². The fourth-order valence-corrected chi connectivity index (χ4v) is 1.71. The SMILES string of the molecule is Cc1cc(C)c2cc(C(=O)O)[nH]c2c1. The van der Waals surface area contributed by atoms with Crippen molar-refractivity contribution in [2.75, 3.05) is 0 Å². The van der Waals surface area contributed by atoms with Crippen molar-refractivity contribution in [2.24, 2.45) is 0 Å². The first-order chi connectivity index (χ1) is 6.58. The van der Waals surface area contributed by atoms with Crippen molar-refractivity contribution >= 4 is 16.9 Å². The van der Waals surface area contributed by atoms with E-state index in [4.69, 9.17) is 5.11 Å². The highest BCUT2D eigenvalue weighted by atomic mass is 16.4. The first kappa shape index (κ1) is 8.81. The van der Waals surface area contributed by atoms with Crippen LogP contribution in [0.25, 0.3) is 10.9 Å². The van der Waals surface area contributed by atoms with E-state index in [2.05, 4.69) is 4.98 Å². The molecule has 0 radical (unpaired) electrons. The number of aryl methyl sites for hydroxylation is 2. The van der Waals surface area contributed by atoms with Gasteiger partial charge in [-0.05, 0) is 37.1 Å². The second-order valence-electron chi connectivity index (χ2n) is 3.53. The van der Waals surface area contributed by atoms with Crippen LogP contribution in [0.3, 0.4) is 0 Å². The zero-order chi connectivity index (χ0) is 10.3. The lowest BCUT2D eigenvalue weighted by Gasteiger charge is -1.97. The van der Waals surface area contributed by atoms with E-state index in [1.807, 2.05) is 26.0 Å². The molecule has 2 aromatic rings. The lowest BCUT2D eigenvalue weighted by molar-refractivity contribution is 0.0691. The molecule has 0 aliphatic rings. The summed E-state index contributed by atoms with van der Waals surface area (Å²) in [6.45, 7) is 3.97. The summed E-state index contributed by atoms with van der Waals surface area (Å²) in [5.74, 6) is -0.918. The van der Waals surface area contributed by atoms with E-state index in [1.54, 1.807) is 6.07 Å². The number of carboxylic acid groups (broad SMARTS) is 1. The maximum absolute atomic E-state index is 10.7. The number of H-pyrrole nitrogens is 1. The van der Waals surface area contributed by atoms with Crippen molar-refractivity contribution in [1.82, 2.24) is 4.98 Å². The number of carbonyl (C=O) groups is 1. The standard InChI is InChI=1S/C11H11NO2/c1-6-3-7(2)8-5-10(11(13)14)12-9(8)4-6/h3-5,12H,1-2H3,(H,13,14). The van der Waals surface area contributed by atoms with Gasteiger partial charge in [-0.3, -0.25) is 0 Å². The smallest absolute Gasteiger partial charge is 0.352 e. The molecule has 0 aliphatic heterocycles. The summed E-state index contributed by atoms with van der Waals surface area (Å²) in [5, 5.41) is 9.79. The van der Waals surface area contributed by atoms with Gasteiger partial charge in [0.05, 0.1) is 0 Å². The van der Waals surface area contributed by atoms with Crippen molar-refractivity contribution in [1.29, 1.82) is 0 Å². The zero-order valence-electron chi connectivity index (χ0n) is 8.09. The zero-order valence-corrected chi connectivity index (χ0v) is 8.09. The van der Waals surface area contributed by atoms with Gasteiger partial charge in [0.15, 0.2) is 0 Å². The summed E-state index contributed by atoms with van der Waals surface area (Å²) in [5.41, 5.74) is 3.37. The number of hydrogen-bond acceptors (Lipinski definition) is 1. The first-order valence-corrected chi connectivity index (χ1v) is 4.41. The van der Waals surface area contributed by atoms with Gasteiger partial charge >= 0.3 is 5.97 Å². The molecule has 0 unspecified atom stereocenters. The third-order valence-corrected chi connectivity index (χ3v) is 2.32. The average molecular weight is 189 g/mol. The second kappa shape index (κ2) is 2.87. The van der Waals surface area contributed by atoms with Gasteiger partial charge in [0.1, 0.15) is 5.69 Å². The average Bonchev–Trinajstić information content (AvgIpc) is 2.47. The molecule has 14 heavy (non-hydrogen) atoms. The summed E-state index contributed by atoms with van der Waals surface area (Å²) in [4.78, 5) is 13.6. The van der Waals surface area contributed by atoms with Gasteiger partial charge in [-0.15, -0.1) is 0 Å². The molecule has 2 rings (SSSR count). The van der Waals surface area contributed by atoms with Crippen LogP contribution in [0.2, 0.25) is 0 Å². The van der Waals surface area contributed by atoms with Crippen molar-refractivity contribution in [2.45, 2.75) is 13.8 Å². The monoisotopic (exact) mass is 189 g/mol. The van der Waals surface area contributed by atoms with E-state index < -0.39 is 5.97 Å². The molecule has 0 spiro atoms. The van der Waals surface area contributed by atoms with Crippen LogP contribution in [0.15, 0.2) is 18.2 Å². The van der Waals surface area contributed by atoms with Crippen LogP contribution >= 0.6 is 0 Å². The predicted molar refractivity (Wildman–Crippen MR) is 54.7 cm³/mol. The molecule has 1 aromatic carbocycles. The molecule has 0 amide bonds. The normalized spacial score (nSPS) is 10.7. The highest BCUT2D eigenvalue weighted by Gasteiger charge is 2.08. The molecule has 1 heterocycles. The molecule has 3 nitrogen and oxygen atoms in total. The minimum absolute atomic E-state index is 0.244. The third kappa shape index (κ3) is 1.27. The van der Waals surface area contributed by atoms with Crippen molar-refractivity contribution in [3.05, 3.63) is 35.0 Å². The molecule has 0 aliphatic carbocycles. The van der Waals surface area contributed by atoms with E-state index in [0.29, 0.717) is 0 Å². The van der Waals surface area contributed by atoms with Gasteiger partial charge in [-0.25, -0.2) is 4.79 Å². The molecular weight excluding hydrogens is 178 g/mol. The summed E-state index contributed by atoms with van der Waals surface area (Å²) in [7, 11) is 0. The molecule has 0 atom stereocenters. The third-order valence-electron chi connectivity index (χ3n) is 2.32. The Morgan fingerprint density at radius 2 is 2.00 bits per heavy atom. The fourth-order valence-electron chi connectivity index (χ4n) is 1.71. The Hall–Kier alpha value is -1.77. The van der Waals surface area contributed by atoms with E-state index in [1.165, 1.54) is 0 Å². The molecule has 2 N–H and O–H groups in total. The highest BCUT2D eigenvalue weighted by Crippen LogP contribution is 2.21. The van der Waals surface area contributed by atoms with Crippen molar-refractivity contribution in [3.8, 4) is 0 Å². The highest BCUT2D eigenvalue weighted by molar-refractivity contribution is 5.95. The Morgan fingerprint density at radius 3 is 2.64 bits per heavy atom. The number of hydrogen-bond donors (Lipinski definition) is 2. The minimum atomic E-state index is -0.918. The van der Waals surface area contributed by atoms with Gasteiger partial charge in [-0.2, -0.15) is 0 Å². The van der Waals surface area contributed by atoms with Crippen molar-refractivity contribution in [3.63, 3.8) is 0 Å². The Labute approximate surface area is 81.4 Å². The topological polar surface area (TPSA) is 53.1 Å². The maximum atomic E-state index is 10.7. The van der Waals surface area contributed by atoms with Gasteiger partial charge in [0.25, 0.3) is 0 Å². The van der Waals surface area contributed by atoms with Crippen LogP contribution in [0.1, 0.15) is 21.6 Å². The summed E-state index contributed by atoms with van der Waals surface area (Å²) >= 11 is 0. The molecule has 0 saturated heterocycles. The second-order valence-corrected chi connectivity index (χ2v) is 3.53. The molecule has 0 saturated carbocycles. The number of aromatic carboxylic acids is 1. The first-order valence-electron chi connectivity index (χ1n) is 4.41. The van der Waals surface area contributed by atoms with E-state index in [0.717, 1.165) is 22.0 Å². The number of aromatic nitrogens is 1. The van der Waals surface area contributed by atoms with Crippen molar-refractivity contribution < 1.29 is 9.90 Å². The number of carboxylic acids is 1. The maximum Gasteiger partial charge on any atom is 0.352 e. The molecule has 0 fully saturated rings. The minimum Gasteiger partial charge on any atom is -0.477 e. The Kier molecular flexibility index (Phi) is 1.81. The van der Waals surface area contributed by atoms with Crippen LogP contribution in [-0.4, -0.2) is 16.1 Å². The van der Waals surface area contributed by atoms with Crippen LogP contribution in [0.4, 0.5) is 0 Å². The number of rotatable bonds is 1. The van der Waals surface area contributed by atoms with Crippen LogP contribution in [-0.2, 0) is 0 Å². The fraction of sp³-hybridized carbons (Fsp3) is 0.182. The lowest BCUT2D eigenvalue weighted by atomic mass is 10.1. The molecule has 0 bridgehead atoms. The van der Waals surface area contributed by atoms with Crippen LogP contribution < -0.4 is 0 Å². The largest absolute Gasteiger partial charge is 0.477 e. The molecular formula is C11H11NO2. The molecule has 1 aromatic heterocycles. The molecule has 3 heteroatoms. The van der Waals surface area contributed by atoms with Crippen LogP contribution in [0, 0.1) is 13.8 Å².